The first-order valence-electron chi connectivity index (χ1n) is 8.20. The van der Waals surface area contributed by atoms with Crippen molar-refractivity contribution >= 4 is 11.9 Å². The Balaban J connectivity index is 1.79. The van der Waals surface area contributed by atoms with Crippen molar-refractivity contribution in [2.45, 2.75) is 38.8 Å². The van der Waals surface area contributed by atoms with Crippen LogP contribution in [0.15, 0.2) is 54.9 Å². The number of hydrogen-bond donors (Lipinski definition) is 1. The first-order chi connectivity index (χ1) is 12.0. The van der Waals surface area contributed by atoms with E-state index in [1.54, 1.807) is 0 Å². The van der Waals surface area contributed by atoms with Crippen LogP contribution in [0.1, 0.15) is 36.2 Å². The quantitative estimate of drug-likeness (QED) is 0.474. The van der Waals surface area contributed by atoms with Gasteiger partial charge >= 0.3 is 5.97 Å². The van der Waals surface area contributed by atoms with Crippen LogP contribution in [0.25, 0.3) is 0 Å². The Kier molecular flexibility index (Phi) is 6.51. The van der Waals surface area contributed by atoms with Crippen LogP contribution in [-0.4, -0.2) is 24.0 Å². The number of aromatic nitrogens is 1. The Morgan fingerprint density at radius 3 is 2.40 bits per heavy atom. The summed E-state index contributed by atoms with van der Waals surface area (Å²) >= 11 is 0. The maximum atomic E-state index is 12.1. The van der Waals surface area contributed by atoms with Gasteiger partial charge in [0.25, 0.3) is 5.91 Å². The minimum absolute atomic E-state index is 0.0370. The average molecular weight is 342 g/mol. The van der Waals surface area contributed by atoms with Crippen LogP contribution in [0.3, 0.4) is 0 Å². The van der Waals surface area contributed by atoms with Crippen LogP contribution in [0.5, 0.6) is 0 Å². The Labute approximate surface area is 147 Å². The predicted octanol–water partition coefficient (Wildman–Crippen LogP) is 2.00. The van der Waals surface area contributed by atoms with E-state index >= 15 is 0 Å². The van der Waals surface area contributed by atoms with Gasteiger partial charge in [-0.1, -0.05) is 30.3 Å². The molecule has 0 bridgehead atoms. The topological polar surface area (TPSA) is 82.3 Å². The summed E-state index contributed by atoms with van der Waals surface area (Å²) in [7, 11) is 0. The summed E-state index contributed by atoms with van der Waals surface area (Å²) in [5.41, 5.74) is 1.44. The van der Waals surface area contributed by atoms with Crippen molar-refractivity contribution in [1.29, 1.82) is 0 Å². The Morgan fingerprint density at radius 2 is 1.76 bits per heavy atom. The van der Waals surface area contributed by atoms with Gasteiger partial charge in [-0.15, -0.1) is 0 Å². The second-order valence-corrected chi connectivity index (χ2v) is 5.93. The first-order valence-corrected chi connectivity index (χ1v) is 8.20. The minimum atomic E-state index is -0.911. The van der Waals surface area contributed by atoms with Gasteiger partial charge in [-0.05, 0) is 32.3 Å². The van der Waals surface area contributed by atoms with E-state index in [-0.39, 0.29) is 17.5 Å². The summed E-state index contributed by atoms with van der Waals surface area (Å²) in [5.74, 6) is -0.982. The highest BCUT2D eigenvalue weighted by Crippen LogP contribution is 2.06. The maximum Gasteiger partial charge on any atom is 0.339 e. The number of aryl methyl sites for hydroxylation is 1. The molecule has 0 aliphatic carbocycles. The molecule has 1 heterocycles. The third kappa shape index (κ3) is 5.91. The van der Waals surface area contributed by atoms with Crippen LogP contribution in [0.4, 0.5) is 0 Å². The van der Waals surface area contributed by atoms with E-state index in [0.717, 1.165) is 12.8 Å². The van der Waals surface area contributed by atoms with Gasteiger partial charge in [0.2, 0.25) is 0 Å². The van der Waals surface area contributed by atoms with E-state index in [1.807, 2.05) is 37.3 Å². The van der Waals surface area contributed by atoms with Gasteiger partial charge in [0, 0.05) is 18.2 Å². The van der Waals surface area contributed by atoms with Crippen LogP contribution in [0.2, 0.25) is 0 Å². The molecule has 2 atom stereocenters. The number of hydrogen-bond acceptors (Lipinski definition) is 4. The number of benzene rings is 1. The van der Waals surface area contributed by atoms with Crippen molar-refractivity contribution in [3.05, 3.63) is 71.2 Å². The van der Waals surface area contributed by atoms with E-state index in [4.69, 9.17) is 4.74 Å². The number of ether oxygens (including phenoxy) is 1. The molecular weight excluding hydrogens is 320 g/mol. The molecule has 0 saturated heterocycles. The fraction of sp³-hybridized carbons (Fsp3) is 0.316. The largest absolute Gasteiger partial charge is 0.619 e. The van der Waals surface area contributed by atoms with Gasteiger partial charge in [0.1, 0.15) is 0 Å². The molecular formula is C19H22N2O4. The minimum Gasteiger partial charge on any atom is -0.619 e. The molecule has 132 valence electrons. The number of amides is 1. The summed E-state index contributed by atoms with van der Waals surface area (Å²) in [6.45, 7) is 3.44. The molecule has 0 spiro atoms. The van der Waals surface area contributed by atoms with Crippen molar-refractivity contribution in [3.8, 4) is 0 Å². The molecule has 0 unspecified atom stereocenters. The molecule has 2 rings (SSSR count). The smallest absolute Gasteiger partial charge is 0.339 e. The summed E-state index contributed by atoms with van der Waals surface area (Å²) in [4.78, 5) is 24.1. The summed E-state index contributed by atoms with van der Waals surface area (Å²) in [5, 5.41) is 13.8. The Bertz CT molecular complexity index is 701. The molecule has 1 aromatic carbocycles. The van der Waals surface area contributed by atoms with E-state index in [0.29, 0.717) is 4.73 Å². The van der Waals surface area contributed by atoms with Crippen LogP contribution in [-0.2, 0) is 16.0 Å². The fourth-order valence-corrected chi connectivity index (χ4v) is 2.29. The Hall–Kier alpha value is -2.89. The van der Waals surface area contributed by atoms with Crippen LogP contribution >= 0.6 is 0 Å². The van der Waals surface area contributed by atoms with E-state index in [1.165, 1.54) is 37.0 Å². The lowest BCUT2D eigenvalue weighted by Crippen LogP contribution is -2.41. The number of rotatable bonds is 7. The zero-order chi connectivity index (χ0) is 18.2. The molecule has 0 radical (unpaired) electrons. The summed E-state index contributed by atoms with van der Waals surface area (Å²) < 4.78 is 5.71. The molecule has 1 aromatic heterocycles. The van der Waals surface area contributed by atoms with Crippen molar-refractivity contribution in [2.24, 2.45) is 0 Å². The predicted molar refractivity (Wildman–Crippen MR) is 92.6 cm³/mol. The van der Waals surface area contributed by atoms with Crippen molar-refractivity contribution in [3.63, 3.8) is 0 Å². The van der Waals surface area contributed by atoms with Crippen molar-refractivity contribution in [1.82, 2.24) is 5.32 Å². The van der Waals surface area contributed by atoms with E-state index in [2.05, 4.69) is 5.32 Å². The lowest BCUT2D eigenvalue weighted by molar-refractivity contribution is -0.605. The molecule has 2 aromatic rings. The number of esters is 1. The first kappa shape index (κ1) is 18.4. The molecule has 6 heteroatoms. The number of nitrogens with zero attached hydrogens (tertiary/aromatic N) is 1. The molecule has 0 aliphatic rings. The van der Waals surface area contributed by atoms with Gasteiger partial charge < -0.3 is 15.3 Å². The fourth-order valence-electron chi connectivity index (χ4n) is 2.29. The monoisotopic (exact) mass is 342 g/mol. The molecule has 1 amide bonds. The van der Waals surface area contributed by atoms with Gasteiger partial charge in [-0.25, -0.2) is 4.79 Å². The zero-order valence-corrected chi connectivity index (χ0v) is 14.3. The van der Waals surface area contributed by atoms with Gasteiger partial charge in [0.05, 0.1) is 5.56 Å². The number of carbonyl (C=O) groups excluding carboxylic acids is 2. The Morgan fingerprint density at radius 1 is 1.12 bits per heavy atom. The average Bonchev–Trinajstić information content (AvgIpc) is 2.61. The molecule has 1 N–H and O–H groups in total. The standard InChI is InChI=1S/C19H22N2O4/c1-14(8-9-16-6-4-3-5-7-16)20-18(22)15(2)25-19(23)17-10-12-21(24)13-11-17/h3-7,10-15H,8-9H2,1-2H3,(H,20,22)/t14-,15-/m1/s1. The van der Waals surface area contributed by atoms with Gasteiger partial charge in [-0.3, -0.25) is 4.79 Å². The van der Waals surface area contributed by atoms with Crippen LogP contribution < -0.4 is 10.0 Å². The molecule has 25 heavy (non-hydrogen) atoms. The number of pyridine rings is 1. The highest BCUT2D eigenvalue weighted by atomic mass is 16.5. The lowest BCUT2D eigenvalue weighted by atomic mass is 10.1. The molecule has 0 fully saturated rings. The SMILES string of the molecule is C[C@H](CCc1ccccc1)NC(=O)[C@@H](C)OC(=O)c1cc[n+]([O-])cc1. The third-order valence-corrected chi connectivity index (χ3v) is 3.79. The normalized spacial score (nSPS) is 12.9. The third-order valence-electron chi connectivity index (χ3n) is 3.79. The van der Waals surface area contributed by atoms with Gasteiger partial charge in [0.15, 0.2) is 18.5 Å². The van der Waals surface area contributed by atoms with E-state index < -0.39 is 12.1 Å². The van der Waals surface area contributed by atoms with Gasteiger partial charge in [-0.2, -0.15) is 4.73 Å². The summed E-state index contributed by atoms with van der Waals surface area (Å²) in [6, 6.07) is 12.7. The van der Waals surface area contributed by atoms with Crippen molar-refractivity contribution in [2.75, 3.05) is 0 Å². The highest BCUT2D eigenvalue weighted by Gasteiger charge is 2.20. The number of carbonyl (C=O) groups is 2. The maximum absolute atomic E-state index is 12.1. The highest BCUT2D eigenvalue weighted by molar-refractivity contribution is 5.92. The number of nitrogens with one attached hydrogen (secondary N) is 1. The molecule has 0 saturated carbocycles. The molecule has 6 nitrogen and oxygen atoms in total. The summed E-state index contributed by atoms with van der Waals surface area (Å²) in [6.07, 6.45) is 3.14. The second-order valence-electron chi connectivity index (χ2n) is 5.93. The van der Waals surface area contributed by atoms with E-state index in [9.17, 15) is 14.8 Å². The van der Waals surface area contributed by atoms with Crippen LogP contribution in [0, 0.1) is 5.21 Å². The molecule has 0 aliphatic heterocycles. The lowest BCUT2D eigenvalue weighted by Gasteiger charge is -2.18. The second kappa shape index (κ2) is 8.82. The van der Waals surface area contributed by atoms with Crippen molar-refractivity contribution < 1.29 is 19.1 Å². The zero-order valence-electron chi connectivity index (χ0n) is 14.3.